The molecule has 1 fully saturated rings. The highest BCUT2D eigenvalue weighted by atomic mass is 16.3. The first kappa shape index (κ1) is 15.4. The molecular weight excluding hydrogens is 288 g/mol. The average Bonchev–Trinajstić information content (AvgIpc) is 3.33. The van der Waals surface area contributed by atoms with Gasteiger partial charge in [0.1, 0.15) is 5.75 Å². The molecule has 23 heavy (non-hydrogen) atoms. The average molecular weight is 310 g/mol. The van der Waals surface area contributed by atoms with Gasteiger partial charge in [0, 0.05) is 18.8 Å². The van der Waals surface area contributed by atoms with E-state index in [9.17, 15) is 9.90 Å². The molecular formula is C19H22N2O2. The third-order valence-electron chi connectivity index (χ3n) is 4.15. The van der Waals surface area contributed by atoms with Crippen LogP contribution in [0.3, 0.4) is 0 Å². The first-order valence-electron chi connectivity index (χ1n) is 8.00. The van der Waals surface area contributed by atoms with Gasteiger partial charge in [-0.05, 0) is 54.2 Å². The highest BCUT2D eigenvalue weighted by Crippen LogP contribution is 2.30. The third-order valence-corrected chi connectivity index (χ3v) is 4.15. The third kappa shape index (κ3) is 4.49. The van der Waals surface area contributed by atoms with E-state index in [4.69, 9.17) is 5.73 Å². The van der Waals surface area contributed by atoms with E-state index in [-0.39, 0.29) is 11.7 Å². The molecule has 1 amide bonds. The van der Waals surface area contributed by atoms with Crippen LogP contribution >= 0.6 is 0 Å². The van der Waals surface area contributed by atoms with Gasteiger partial charge in [0.15, 0.2) is 0 Å². The van der Waals surface area contributed by atoms with E-state index < -0.39 is 0 Å². The maximum Gasteiger partial charge on any atom is 0.227 e. The fourth-order valence-electron chi connectivity index (χ4n) is 2.66. The molecule has 0 radical (unpaired) electrons. The molecule has 120 valence electrons. The standard InChI is InChI=1S/C19H22N2O2/c20-17-8-6-14(7-9-17)11-19(23)21(12-15-4-5-15)13-16-2-1-3-18(22)10-16/h1-3,6-10,15,22H,4-5,11-13,20H2. The van der Waals surface area contributed by atoms with Crippen molar-refractivity contribution in [2.75, 3.05) is 12.3 Å². The second-order valence-electron chi connectivity index (χ2n) is 6.31. The van der Waals surface area contributed by atoms with Crippen LogP contribution in [0.1, 0.15) is 24.0 Å². The second-order valence-corrected chi connectivity index (χ2v) is 6.31. The number of hydrogen-bond acceptors (Lipinski definition) is 3. The van der Waals surface area contributed by atoms with E-state index in [0.29, 0.717) is 24.6 Å². The monoisotopic (exact) mass is 310 g/mol. The van der Waals surface area contributed by atoms with Crippen LogP contribution in [-0.2, 0) is 17.8 Å². The Morgan fingerprint density at radius 3 is 2.52 bits per heavy atom. The van der Waals surface area contributed by atoms with Gasteiger partial charge in [0.2, 0.25) is 5.91 Å². The van der Waals surface area contributed by atoms with Gasteiger partial charge in [0.25, 0.3) is 0 Å². The van der Waals surface area contributed by atoms with Gasteiger partial charge in [-0.25, -0.2) is 0 Å². The molecule has 0 bridgehead atoms. The van der Waals surface area contributed by atoms with Crippen LogP contribution in [0.4, 0.5) is 5.69 Å². The second kappa shape index (κ2) is 6.73. The lowest BCUT2D eigenvalue weighted by molar-refractivity contribution is -0.131. The summed E-state index contributed by atoms with van der Waals surface area (Å²) < 4.78 is 0. The number of amides is 1. The Bertz CT molecular complexity index is 678. The Hall–Kier alpha value is -2.49. The molecule has 0 aliphatic heterocycles. The minimum absolute atomic E-state index is 0.116. The number of aromatic hydroxyl groups is 1. The van der Waals surface area contributed by atoms with Crippen molar-refractivity contribution in [2.45, 2.75) is 25.8 Å². The summed E-state index contributed by atoms with van der Waals surface area (Å²) in [6, 6.07) is 14.6. The Morgan fingerprint density at radius 2 is 1.87 bits per heavy atom. The largest absolute Gasteiger partial charge is 0.508 e. The van der Waals surface area contributed by atoms with Gasteiger partial charge in [-0.3, -0.25) is 4.79 Å². The van der Waals surface area contributed by atoms with Crippen molar-refractivity contribution >= 4 is 11.6 Å². The molecule has 1 aliphatic rings. The van der Waals surface area contributed by atoms with Crippen LogP contribution in [0.15, 0.2) is 48.5 Å². The van der Waals surface area contributed by atoms with E-state index in [1.54, 1.807) is 12.1 Å². The zero-order valence-electron chi connectivity index (χ0n) is 13.1. The van der Waals surface area contributed by atoms with Crippen molar-refractivity contribution < 1.29 is 9.90 Å². The minimum atomic E-state index is 0.116. The number of rotatable bonds is 6. The number of phenols is 1. The number of nitrogens with two attached hydrogens (primary N) is 1. The van der Waals surface area contributed by atoms with Crippen molar-refractivity contribution in [3.05, 3.63) is 59.7 Å². The van der Waals surface area contributed by atoms with Crippen LogP contribution in [0.5, 0.6) is 5.75 Å². The molecule has 0 spiro atoms. The fraction of sp³-hybridized carbons (Fsp3) is 0.316. The van der Waals surface area contributed by atoms with Gasteiger partial charge in [-0.2, -0.15) is 0 Å². The van der Waals surface area contributed by atoms with Crippen LogP contribution in [0.2, 0.25) is 0 Å². The SMILES string of the molecule is Nc1ccc(CC(=O)N(Cc2cccc(O)c2)CC2CC2)cc1. The van der Waals surface area contributed by atoms with Crippen LogP contribution in [0, 0.1) is 5.92 Å². The van der Waals surface area contributed by atoms with E-state index in [1.165, 1.54) is 12.8 Å². The molecule has 2 aromatic carbocycles. The molecule has 0 aromatic heterocycles. The Balaban J connectivity index is 1.69. The number of phenolic OH excluding ortho intramolecular Hbond substituents is 1. The highest BCUT2D eigenvalue weighted by molar-refractivity contribution is 5.79. The molecule has 1 aliphatic carbocycles. The van der Waals surface area contributed by atoms with Crippen molar-refractivity contribution in [1.82, 2.24) is 4.90 Å². The lowest BCUT2D eigenvalue weighted by Gasteiger charge is -2.23. The van der Waals surface area contributed by atoms with Gasteiger partial charge in [0.05, 0.1) is 6.42 Å². The molecule has 0 unspecified atom stereocenters. The summed E-state index contributed by atoms with van der Waals surface area (Å²) in [6.45, 7) is 1.34. The molecule has 2 aromatic rings. The maximum absolute atomic E-state index is 12.7. The lowest BCUT2D eigenvalue weighted by atomic mass is 10.1. The zero-order chi connectivity index (χ0) is 16.2. The van der Waals surface area contributed by atoms with Crippen LogP contribution < -0.4 is 5.73 Å². The summed E-state index contributed by atoms with van der Waals surface area (Å²) in [5.41, 5.74) is 8.32. The Kier molecular flexibility index (Phi) is 4.51. The number of anilines is 1. The molecule has 3 rings (SSSR count). The minimum Gasteiger partial charge on any atom is -0.508 e. The van der Waals surface area contributed by atoms with Crippen molar-refractivity contribution in [1.29, 1.82) is 0 Å². The first-order chi connectivity index (χ1) is 11.1. The molecule has 4 heteroatoms. The molecule has 0 saturated heterocycles. The summed E-state index contributed by atoms with van der Waals surface area (Å²) >= 11 is 0. The summed E-state index contributed by atoms with van der Waals surface area (Å²) in [4.78, 5) is 14.6. The summed E-state index contributed by atoms with van der Waals surface area (Å²) in [6.07, 6.45) is 2.78. The van der Waals surface area contributed by atoms with Gasteiger partial charge < -0.3 is 15.7 Å². The van der Waals surface area contributed by atoms with Gasteiger partial charge in [-0.15, -0.1) is 0 Å². The first-order valence-corrected chi connectivity index (χ1v) is 8.00. The van der Waals surface area contributed by atoms with Gasteiger partial charge in [-0.1, -0.05) is 24.3 Å². The molecule has 1 saturated carbocycles. The van der Waals surface area contributed by atoms with Crippen molar-refractivity contribution in [3.63, 3.8) is 0 Å². The van der Waals surface area contributed by atoms with E-state index >= 15 is 0 Å². The summed E-state index contributed by atoms with van der Waals surface area (Å²) in [5.74, 6) is 0.979. The van der Waals surface area contributed by atoms with E-state index in [2.05, 4.69) is 0 Å². The predicted molar refractivity (Wildman–Crippen MR) is 90.8 cm³/mol. The Morgan fingerprint density at radius 1 is 1.13 bits per heavy atom. The predicted octanol–water partition coefficient (Wildman–Crippen LogP) is 2.96. The van der Waals surface area contributed by atoms with E-state index in [1.807, 2.05) is 41.3 Å². The van der Waals surface area contributed by atoms with Crippen molar-refractivity contribution in [2.24, 2.45) is 5.92 Å². The summed E-state index contributed by atoms with van der Waals surface area (Å²) in [5, 5.41) is 9.60. The number of hydrogen-bond donors (Lipinski definition) is 2. The smallest absolute Gasteiger partial charge is 0.227 e. The number of benzene rings is 2. The normalized spacial score (nSPS) is 13.7. The van der Waals surface area contributed by atoms with Crippen LogP contribution in [-0.4, -0.2) is 22.5 Å². The molecule has 4 nitrogen and oxygen atoms in total. The zero-order valence-corrected chi connectivity index (χ0v) is 13.1. The number of carbonyl (C=O) groups is 1. The topological polar surface area (TPSA) is 66.6 Å². The number of nitrogen functional groups attached to an aromatic ring is 1. The quantitative estimate of drug-likeness (QED) is 0.806. The number of nitrogens with zero attached hydrogens (tertiary/aromatic N) is 1. The Labute approximate surface area is 136 Å². The molecule has 3 N–H and O–H groups in total. The molecule has 0 atom stereocenters. The summed E-state index contributed by atoms with van der Waals surface area (Å²) in [7, 11) is 0. The van der Waals surface area contributed by atoms with E-state index in [0.717, 1.165) is 17.7 Å². The maximum atomic E-state index is 12.7. The van der Waals surface area contributed by atoms with Crippen LogP contribution in [0.25, 0.3) is 0 Å². The fourth-order valence-corrected chi connectivity index (χ4v) is 2.66. The molecule has 0 heterocycles. The number of carbonyl (C=O) groups excluding carboxylic acids is 1. The van der Waals surface area contributed by atoms with Gasteiger partial charge >= 0.3 is 0 Å². The van der Waals surface area contributed by atoms with Crippen molar-refractivity contribution in [3.8, 4) is 5.75 Å². The highest BCUT2D eigenvalue weighted by Gasteiger charge is 2.26. The lowest BCUT2D eigenvalue weighted by Crippen LogP contribution is -2.33.